The van der Waals surface area contributed by atoms with Crippen LogP contribution in [0, 0.1) is 0 Å². The van der Waals surface area contributed by atoms with Crippen molar-refractivity contribution >= 4 is 11.6 Å². The van der Waals surface area contributed by atoms with Gasteiger partial charge in [0.05, 0.1) is 0 Å². The molecule has 0 aliphatic carbocycles. The Morgan fingerprint density at radius 1 is 1.59 bits per heavy atom. The van der Waals surface area contributed by atoms with E-state index in [0.717, 1.165) is 19.5 Å². The molecule has 0 fully saturated rings. The van der Waals surface area contributed by atoms with Crippen LogP contribution < -0.4 is 16.4 Å². The van der Waals surface area contributed by atoms with Crippen molar-refractivity contribution in [2.24, 2.45) is 5.73 Å². The lowest BCUT2D eigenvalue weighted by molar-refractivity contribution is -0.118. The fourth-order valence-electron chi connectivity index (χ4n) is 2.22. The van der Waals surface area contributed by atoms with Gasteiger partial charge in [0.1, 0.15) is 0 Å². The van der Waals surface area contributed by atoms with Crippen LogP contribution in [0.2, 0.25) is 0 Å². The summed E-state index contributed by atoms with van der Waals surface area (Å²) in [7, 11) is 0. The van der Waals surface area contributed by atoms with Gasteiger partial charge >= 0.3 is 0 Å². The number of carbonyl (C=O) groups excluding carboxylic acids is 1. The second-order valence-corrected chi connectivity index (χ2v) is 4.58. The molecule has 0 saturated heterocycles. The summed E-state index contributed by atoms with van der Waals surface area (Å²) < 4.78 is 0. The number of benzene rings is 1. The maximum Gasteiger partial charge on any atom is 0.218 e. The molecule has 1 atom stereocenters. The van der Waals surface area contributed by atoms with Crippen LogP contribution in [0.25, 0.3) is 0 Å². The summed E-state index contributed by atoms with van der Waals surface area (Å²) in [5.74, 6) is -0.263. The first-order chi connectivity index (χ1) is 8.16. The SMILES string of the molecule is CC(CC(N)=O)NCc1cccc2c1NCC2. The van der Waals surface area contributed by atoms with E-state index >= 15 is 0 Å². The average Bonchev–Trinajstić information content (AvgIpc) is 2.73. The standard InChI is InChI=1S/C13H19N3O/c1-9(7-12(14)17)16-8-11-4-2-3-10-5-6-15-13(10)11/h2-4,9,15-16H,5-8H2,1H3,(H2,14,17). The van der Waals surface area contributed by atoms with Gasteiger partial charge in [-0.25, -0.2) is 0 Å². The summed E-state index contributed by atoms with van der Waals surface area (Å²) in [5, 5.41) is 6.72. The number of hydrogen-bond acceptors (Lipinski definition) is 3. The molecule has 0 bridgehead atoms. The molecule has 0 saturated carbocycles. The van der Waals surface area contributed by atoms with E-state index in [9.17, 15) is 4.79 Å². The van der Waals surface area contributed by atoms with E-state index in [4.69, 9.17) is 5.73 Å². The van der Waals surface area contributed by atoms with Crippen LogP contribution in [-0.4, -0.2) is 18.5 Å². The number of anilines is 1. The van der Waals surface area contributed by atoms with Crippen molar-refractivity contribution < 1.29 is 4.79 Å². The Kier molecular flexibility index (Phi) is 3.64. The molecule has 1 aliphatic rings. The molecule has 2 rings (SSSR count). The molecule has 1 heterocycles. The van der Waals surface area contributed by atoms with Crippen molar-refractivity contribution in [3.8, 4) is 0 Å². The maximum atomic E-state index is 10.8. The van der Waals surface area contributed by atoms with Crippen LogP contribution >= 0.6 is 0 Å². The highest BCUT2D eigenvalue weighted by molar-refractivity contribution is 5.74. The molecule has 1 amide bonds. The summed E-state index contributed by atoms with van der Waals surface area (Å²) in [6, 6.07) is 6.47. The molecular formula is C13H19N3O. The monoisotopic (exact) mass is 233 g/mol. The highest BCUT2D eigenvalue weighted by Gasteiger charge is 2.14. The molecule has 4 heteroatoms. The zero-order valence-corrected chi connectivity index (χ0v) is 10.1. The predicted octanol–water partition coefficient (Wildman–Crippen LogP) is 1.01. The van der Waals surface area contributed by atoms with Crippen LogP contribution in [0.1, 0.15) is 24.5 Å². The van der Waals surface area contributed by atoms with Gasteiger partial charge < -0.3 is 16.4 Å². The number of nitrogens with one attached hydrogen (secondary N) is 2. The van der Waals surface area contributed by atoms with Crippen molar-refractivity contribution in [1.29, 1.82) is 0 Å². The van der Waals surface area contributed by atoms with Gasteiger partial charge in [0.25, 0.3) is 0 Å². The molecule has 0 aromatic heterocycles. The normalized spacial score (nSPS) is 15.1. The molecule has 1 aromatic rings. The van der Waals surface area contributed by atoms with E-state index in [0.29, 0.717) is 6.42 Å². The van der Waals surface area contributed by atoms with E-state index < -0.39 is 0 Å². The van der Waals surface area contributed by atoms with Crippen molar-refractivity contribution in [1.82, 2.24) is 5.32 Å². The van der Waals surface area contributed by atoms with Gasteiger partial charge in [0.15, 0.2) is 0 Å². The molecule has 17 heavy (non-hydrogen) atoms. The molecule has 4 nitrogen and oxygen atoms in total. The van der Waals surface area contributed by atoms with E-state index in [1.807, 2.05) is 6.92 Å². The van der Waals surface area contributed by atoms with Crippen LogP contribution in [0.4, 0.5) is 5.69 Å². The van der Waals surface area contributed by atoms with Gasteiger partial charge in [-0.3, -0.25) is 4.79 Å². The highest BCUT2D eigenvalue weighted by Crippen LogP contribution is 2.26. The fraction of sp³-hybridized carbons (Fsp3) is 0.462. The molecule has 0 spiro atoms. The van der Waals surface area contributed by atoms with Gasteiger partial charge in [-0.1, -0.05) is 18.2 Å². The first-order valence-electron chi connectivity index (χ1n) is 6.03. The summed E-state index contributed by atoms with van der Waals surface area (Å²) in [6.07, 6.45) is 1.47. The number of nitrogens with two attached hydrogens (primary N) is 1. The number of primary amides is 1. The number of fused-ring (bicyclic) bond motifs is 1. The van der Waals surface area contributed by atoms with Crippen LogP contribution in [0.5, 0.6) is 0 Å². The lowest BCUT2D eigenvalue weighted by atomic mass is 10.1. The molecule has 1 unspecified atom stereocenters. The minimum absolute atomic E-state index is 0.116. The van der Waals surface area contributed by atoms with E-state index in [-0.39, 0.29) is 11.9 Å². The lowest BCUT2D eigenvalue weighted by Crippen LogP contribution is -2.30. The smallest absolute Gasteiger partial charge is 0.218 e. The van der Waals surface area contributed by atoms with Gasteiger partial charge in [-0.05, 0) is 24.5 Å². The van der Waals surface area contributed by atoms with Gasteiger partial charge in [-0.15, -0.1) is 0 Å². The second-order valence-electron chi connectivity index (χ2n) is 4.58. The molecule has 0 radical (unpaired) electrons. The Balaban J connectivity index is 1.95. The quantitative estimate of drug-likeness (QED) is 0.711. The van der Waals surface area contributed by atoms with Gasteiger partial charge in [0.2, 0.25) is 5.91 Å². The van der Waals surface area contributed by atoms with Crippen molar-refractivity contribution in [3.05, 3.63) is 29.3 Å². The molecular weight excluding hydrogens is 214 g/mol. The predicted molar refractivity (Wildman–Crippen MR) is 68.7 cm³/mol. The number of para-hydroxylation sites is 1. The average molecular weight is 233 g/mol. The van der Waals surface area contributed by atoms with Crippen LogP contribution in [-0.2, 0) is 17.8 Å². The minimum atomic E-state index is -0.263. The number of amides is 1. The fourth-order valence-corrected chi connectivity index (χ4v) is 2.22. The third-order valence-electron chi connectivity index (χ3n) is 3.08. The summed E-state index contributed by atoms with van der Waals surface area (Å²) in [4.78, 5) is 10.8. The summed E-state index contributed by atoms with van der Waals surface area (Å²) in [6.45, 7) is 3.76. The number of hydrogen-bond donors (Lipinski definition) is 3. The third-order valence-corrected chi connectivity index (χ3v) is 3.08. The molecule has 92 valence electrons. The van der Waals surface area contributed by atoms with Crippen LogP contribution in [0.3, 0.4) is 0 Å². The van der Waals surface area contributed by atoms with Crippen molar-refractivity contribution in [2.75, 3.05) is 11.9 Å². The van der Waals surface area contributed by atoms with E-state index in [1.54, 1.807) is 0 Å². The van der Waals surface area contributed by atoms with Gasteiger partial charge in [0, 0.05) is 31.2 Å². The minimum Gasteiger partial charge on any atom is -0.384 e. The zero-order chi connectivity index (χ0) is 12.3. The van der Waals surface area contributed by atoms with Gasteiger partial charge in [-0.2, -0.15) is 0 Å². The molecule has 1 aromatic carbocycles. The molecule has 1 aliphatic heterocycles. The first-order valence-corrected chi connectivity index (χ1v) is 6.03. The van der Waals surface area contributed by atoms with Crippen molar-refractivity contribution in [2.45, 2.75) is 32.4 Å². The van der Waals surface area contributed by atoms with Crippen molar-refractivity contribution in [3.63, 3.8) is 0 Å². The molecule has 4 N–H and O–H groups in total. The largest absolute Gasteiger partial charge is 0.384 e. The first kappa shape index (κ1) is 11.9. The topological polar surface area (TPSA) is 67.2 Å². The zero-order valence-electron chi connectivity index (χ0n) is 10.1. The Labute approximate surface area is 102 Å². The van der Waals surface area contributed by atoms with E-state index in [2.05, 4.69) is 28.8 Å². The highest BCUT2D eigenvalue weighted by atomic mass is 16.1. The third kappa shape index (κ3) is 2.97. The number of carbonyl (C=O) groups is 1. The Morgan fingerprint density at radius 3 is 3.18 bits per heavy atom. The Bertz CT molecular complexity index is 417. The Hall–Kier alpha value is -1.55. The maximum absolute atomic E-state index is 10.8. The van der Waals surface area contributed by atoms with Crippen LogP contribution in [0.15, 0.2) is 18.2 Å². The summed E-state index contributed by atoms with van der Waals surface area (Å²) in [5.41, 5.74) is 9.06. The second kappa shape index (κ2) is 5.19. The number of rotatable bonds is 5. The Morgan fingerprint density at radius 2 is 2.41 bits per heavy atom. The van der Waals surface area contributed by atoms with E-state index in [1.165, 1.54) is 16.8 Å². The summed E-state index contributed by atoms with van der Waals surface area (Å²) >= 11 is 0. The lowest BCUT2D eigenvalue weighted by Gasteiger charge is -2.14.